The van der Waals surface area contributed by atoms with E-state index in [0.29, 0.717) is 50.0 Å². The van der Waals surface area contributed by atoms with E-state index in [0.717, 1.165) is 21.6 Å². The van der Waals surface area contributed by atoms with Gasteiger partial charge in [0.15, 0.2) is 0 Å². The van der Waals surface area contributed by atoms with Gasteiger partial charge in [0.2, 0.25) is 15.9 Å². The molecule has 0 aliphatic heterocycles. The van der Waals surface area contributed by atoms with Crippen molar-refractivity contribution >= 4 is 56.4 Å². The molecule has 4 amide bonds. The zero-order valence-corrected chi connectivity index (χ0v) is 28.4. The number of carbonyl (C=O) groups excluding carboxylic acids is 3. The molecule has 14 heteroatoms. The Balaban J connectivity index is 1.47. The molecule has 0 saturated heterocycles. The van der Waals surface area contributed by atoms with Crippen LogP contribution in [0.3, 0.4) is 0 Å². The second-order valence-electron chi connectivity index (χ2n) is 11.0. The molecule has 2 aromatic carbocycles. The van der Waals surface area contributed by atoms with Gasteiger partial charge in [-0.3, -0.25) is 9.52 Å². The first-order valence-electron chi connectivity index (χ1n) is 15.0. The van der Waals surface area contributed by atoms with Crippen LogP contribution in [-0.2, 0) is 45.6 Å². The Hall–Kier alpha value is -4.40. The average Bonchev–Trinajstić information content (AvgIpc) is 3.73. The normalized spacial score (nSPS) is 12.4. The number of sulfonamides is 1. The van der Waals surface area contributed by atoms with Crippen LogP contribution in [0.15, 0.2) is 89.6 Å². The van der Waals surface area contributed by atoms with Crippen LogP contribution in [-0.4, -0.2) is 49.8 Å². The van der Waals surface area contributed by atoms with Crippen LogP contribution in [0.2, 0.25) is 0 Å². The molecule has 4 aromatic rings. The first kappa shape index (κ1) is 35.5. The van der Waals surface area contributed by atoms with Crippen LogP contribution in [0.25, 0.3) is 0 Å². The van der Waals surface area contributed by atoms with E-state index in [-0.39, 0.29) is 12.5 Å². The fourth-order valence-electron chi connectivity index (χ4n) is 5.01. The summed E-state index contributed by atoms with van der Waals surface area (Å²) in [7, 11) is -3.46. The number of primary amides is 1. The first-order valence-corrected chi connectivity index (χ1v) is 18.6. The van der Waals surface area contributed by atoms with E-state index < -0.39 is 34.3 Å². The monoisotopic (exact) mass is 697 g/mol. The summed E-state index contributed by atoms with van der Waals surface area (Å²) in [5.74, 6) is -0.239. The molecule has 47 heavy (non-hydrogen) atoms. The van der Waals surface area contributed by atoms with E-state index in [9.17, 15) is 22.8 Å². The van der Waals surface area contributed by atoms with Gasteiger partial charge in [-0.05, 0) is 65.4 Å². The Kier molecular flexibility index (Phi) is 13.2. The molecule has 0 aliphatic carbocycles. The molecular formula is C33H39N5O6S3. The molecule has 2 aromatic heterocycles. The molecule has 0 radical (unpaired) electrons. The van der Waals surface area contributed by atoms with Crippen LogP contribution >= 0.6 is 22.7 Å². The number of nitrogens with two attached hydrogens (primary N) is 1. The standard InChI is InChI=1S/C33H39N5O6S3/c1-47(42,43)37-26-12-5-11-25(19-26)21-35-33(41)36-30(16-6-13-27(44-32(34)40)20-24-9-3-2-4-10-24)31(39)38(22-28-14-7-17-45-28)23-29-15-8-18-46-29/h2-5,7-12,14-15,17-19,27,30,37H,6,13,16,20-23H2,1H3,(H2,34,40)(H2,35,36,41)/t27?,30-/m0/s1. The highest BCUT2D eigenvalue weighted by Gasteiger charge is 2.27. The predicted molar refractivity (Wildman–Crippen MR) is 185 cm³/mol. The lowest BCUT2D eigenvalue weighted by atomic mass is 10.0. The number of thiophene rings is 2. The van der Waals surface area contributed by atoms with Gasteiger partial charge in [-0.2, -0.15) is 0 Å². The van der Waals surface area contributed by atoms with Gasteiger partial charge < -0.3 is 26.0 Å². The second kappa shape index (κ2) is 17.5. The highest BCUT2D eigenvalue weighted by molar-refractivity contribution is 7.92. The van der Waals surface area contributed by atoms with E-state index in [1.54, 1.807) is 51.8 Å². The number of carbonyl (C=O) groups is 3. The topological polar surface area (TPSA) is 160 Å². The summed E-state index contributed by atoms with van der Waals surface area (Å²) in [4.78, 5) is 42.8. The molecule has 0 saturated carbocycles. The molecule has 5 N–H and O–H groups in total. The molecule has 2 atom stereocenters. The van der Waals surface area contributed by atoms with Gasteiger partial charge in [-0.15, -0.1) is 22.7 Å². The maximum absolute atomic E-state index is 14.1. The minimum absolute atomic E-state index is 0.103. The van der Waals surface area contributed by atoms with Gasteiger partial charge in [0.25, 0.3) is 0 Å². The van der Waals surface area contributed by atoms with E-state index in [4.69, 9.17) is 10.5 Å². The van der Waals surface area contributed by atoms with Crippen molar-refractivity contribution in [1.82, 2.24) is 15.5 Å². The first-order chi connectivity index (χ1) is 22.5. The lowest BCUT2D eigenvalue weighted by Gasteiger charge is -2.28. The Morgan fingerprint density at radius 3 is 2.13 bits per heavy atom. The number of hydrogen-bond acceptors (Lipinski definition) is 8. The largest absolute Gasteiger partial charge is 0.446 e. The number of nitrogens with one attached hydrogen (secondary N) is 3. The average molecular weight is 698 g/mol. The van der Waals surface area contributed by atoms with Crippen molar-refractivity contribution in [2.75, 3.05) is 11.0 Å². The third-order valence-corrected chi connectivity index (χ3v) is 9.39. The third kappa shape index (κ3) is 12.7. The van der Waals surface area contributed by atoms with Gasteiger partial charge in [0.05, 0.1) is 19.3 Å². The van der Waals surface area contributed by atoms with E-state index in [1.807, 2.05) is 65.4 Å². The summed E-state index contributed by atoms with van der Waals surface area (Å²) < 4.78 is 31.1. The Labute approximate surface area is 283 Å². The third-order valence-electron chi connectivity index (χ3n) is 7.06. The molecule has 0 aliphatic rings. The van der Waals surface area contributed by atoms with E-state index >= 15 is 0 Å². The number of amides is 4. The van der Waals surface area contributed by atoms with Crippen molar-refractivity contribution in [3.8, 4) is 0 Å². The van der Waals surface area contributed by atoms with Gasteiger partial charge in [-0.1, -0.05) is 54.6 Å². The molecule has 2 heterocycles. The number of nitrogens with zero attached hydrogens (tertiary/aromatic N) is 1. The summed E-state index contributed by atoms with van der Waals surface area (Å²) in [5.41, 5.74) is 7.39. The number of urea groups is 1. The van der Waals surface area contributed by atoms with E-state index in [2.05, 4.69) is 15.4 Å². The van der Waals surface area contributed by atoms with Crippen molar-refractivity contribution in [3.05, 3.63) is 111 Å². The SMILES string of the molecule is CS(=O)(=O)Nc1cccc(CNC(=O)N[C@@H](CCCC(Cc2ccccc2)OC(N)=O)C(=O)N(Cc2cccs2)Cc2cccs2)c1. The molecule has 4 rings (SSSR count). The lowest BCUT2D eigenvalue weighted by Crippen LogP contribution is -2.50. The number of hydrogen-bond donors (Lipinski definition) is 4. The maximum Gasteiger partial charge on any atom is 0.404 e. The zero-order valence-electron chi connectivity index (χ0n) is 26.0. The smallest absolute Gasteiger partial charge is 0.404 e. The zero-order chi connectivity index (χ0) is 33.6. The van der Waals surface area contributed by atoms with Crippen LogP contribution < -0.4 is 21.1 Å². The summed E-state index contributed by atoms with van der Waals surface area (Å²) in [6.45, 7) is 0.872. The number of rotatable bonds is 17. The van der Waals surface area contributed by atoms with Crippen molar-refractivity contribution in [3.63, 3.8) is 0 Å². The van der Waals surface area contributed by atoms with Crippen molar-refractivity contribution in [1.29, 1.82) is 0 Å². The van der Waals surface area contributed by atoms with E-state index in [1.165, 1.54) is 0 Å². The minimum atomic E-state index is -3.46. The predicted octanol–water partition coefficient (Wildman–Crippen LogP) is 5.45. The molecule has 0 spiro atoms. The fourth-order valence-corrected chi connectivity index (χ4v) is 7.01. The van der Waals surface area contributed by atoms with Gasteiger partial charge in [-0.25, -0.2) is 18.0 Å². The quantitative estimate of drug-likeness (QED) is 0.115. The summed E-state index contributed by atoms with van der Waals surface area (Å²) >= 11 is 3.10. The van der Waals surface area contributed by atoms with Gasteiger partial charge in [0, 0.05) is 28.4 Å². The van der Waals surface area contributed by atoms with Crippen molar-refractivity contribution in [2.24, 2.45) is 5.73 Å². The Morgan fingerprint density at radius 1 is 0.872 bits per heavy atom. The minimum Gasteiger partial charge on any atom is -0.446 e. The molecule has 1 unspecified atom stereocenters. The molecule has 11 nitrogen and oxygen atoms in total. The number of ether oxygens (including phenoxy) is 1. The Bertz CT molecular complexity index is 1650. The second-order valence-corrected chi connectivity index (χ2v) is 14.8. The maximum atomic E-state index is 14.1. The summed E-state index contributed by atoms with van der Waals surface area (Å²) in [6.07, 6.45) is 1.34. The fraction of sp³-hybridized carbons (Fsp3) is 0.303. The van der Waals surface area contributed by atoms with Gasteiger partial charge >= 0.3 is 12.1 Å². The highest BCUT2D eigenvalue weighted by atomic mass is 32.2. The highest BCUT2D eigenvalue weighted by Crippen LogP contribution is 2.20. The summed E-state index contributed by atoms with van der Waals surface area (Å²) in [5, 5.41) is 9.56. The van der Waals surface area contributed by atoms with Crippen LogP contribution in [0.4, 0.5) is 15.3 Å². The van der Waals surface area contributed by atoms with Crippen LogP contribution in [0.1, 0.15) is 40.1 Å². The lowest BCUT2D eigenvalue weighted by molar-refractivity contribution is -0.134. The van der Waals surface area contributed by atoms with Crippen LogP contribution in [0.5, 0.6) is 0 Å². The molecule has 0 fully saturated rings. The number of anilines is 1. The van der Waals surface area contributed by atoms with Crippen molar-refractivity contribution in [2.45, 2.75) is 57.5 Å². The number of benzene rings is 2. The molecular weight excluding hydrogens is 659 g/mol. The summed E-state index contributed by atoms with van der Waals surface area (Å²) in [6, 6.07) is 22.6. The van der Waals surface area contributed by atoms with Crippen molar-refractivity contribution < 1.29 is 27.5 Å². The van der Waals surface area contributed by atoms with Gasteiger partial charge in [0.1, 0.15) is 12.1 Å². The van der Waals surface area contributed by atoms with Crippen LogP contribution in [0, 0.1) is 0 Å². The molecule has 250 valence electrons. The Morgan fingerprint density at radius 2 is 1.53 bits per heavy atom. The molecule has 0 bridgehead atoms.